The van der Waals surface area contributed by atoms with E-state index >= 15 is 0 Å². The number of rotatable bonds is 2. The molecular weight excluding hydrogens is 294 g/mol. The third-order valence-electron chi connectivity index (χ3n) is 4.10. The summed E-state index contributed by atoms with van der Waals surface area (Å²) in [7, 11) is 0. The maximum absolute atomic E-state index is 12.0. The van der Waals surface area contributed by atoms with E-state index < -0.39 is 16.5 Å². The van der Waals surface area contributed by atoms with Gasteiger partial charge in [-0.05, 0) is 22.6 Å². The van der Waals surface area contributed by atoms with Crippen LogP contribution in [0.2, 0.25) is 0 Å². The maximum atomic E-state index is 12.0. The third kappa shape index (κ3) is 1.80. The molecule has 0 aliphatic heterocycles. The fourth-order valence-electron chi connectivity index (χ4n) is 3.07. The van der Waals surface area contributed by atoms with Gasteiger partial charge in [-0.15, -0.1) is 0 Å². The summed E-state index contributed by atoms with van der Waals surface area (Å²) in [6.07, 6.45) is 0. The Kier molecular flexibility index (Phi) is 2.65. The summed E-state index contributed by atoms with van der Waals surface area (Å²) in [5.74, 6) is -0.997. The van der Waals surface area contributed by atoms with Gasteiger partial charge in [0.15, 0.2) is 0 Å². The van der Waals surface area contributed by atoms with Gasteiger partial charge in [-0.3, -0.25) is 19.7 Å². The van der Waals surface area contributed by atoms with Crippen LogP contribution < -0.4 is 0 Å². The minimum atomic E-state index is -0.498. The van der Waals surface area contributed by atoms with Gasteiger partial charge in [-0.2, -0.15) is 0 Å². The molecule has 0 unspecified atom stereocenters. The first-order chi connectivity index (χ1) is 11.1. The summed E-state index contributed by atoms with van der Waals surface area (Å²) < 4.78 is 0. The predicted octanol–water partition coefficient (Wildman–Crippen LogP) is 3.79. The van der Waals surface area contributed by atoms with Crippen LogP contribution in [-0.4, -0.2) is 16.5 Å². The van der Waals surface area contributed by atoms with Crippen molar-refractivity contribution in [1.29, 1.82) is 0 Å². The van der Waals surface area contributed by atoms with Crippen LogP contribution in [0.4, 0.5) is 5.69 Å². The summed E-state index contributed by atoms with van der Waals surface area (Å²) in [5, 5.41) is 12.3. The smallest absolute Gasteiger partial charge is 0.270 e. The third-order valence-corrected chi connectivity index (χ3v) is 4.10. The average molecular weight is 303 g/mol. The van der Waals surface area contributed by atoms with Crippen LogP contribution in [0.3, 0.4) is 0 Å². The second-order valence-electron chi connectivity index (χ2n) is 5.35. The first-order valence-corrected chi connectivity index (χ1v) is 6.97. The van der Waals surface area contributed by atoms with Gasteiger partial charge in [0.25, 0.3) is 5.69 Å². The van der Waals surface area contributed by atoms with Crippen LogP contribution in [0.5, 0.6) is 0 Å². The largest absolute Gasteiger partial charge is 0.285 e. The molecule has 0 saturated heterocycles. The number of nitrogens with zero attached hydrogens (tertiary/aromatic N) is 1. The summed E-state index contributed by atoms with van der Waals surface area (Å²) in [6, 6.07) is 14.8. The number of Topliss-reactive ketones (excluding diaryl/α,β-unsaturated/α-hetero) is 2. The second-order valence-corrected chi connectivity index (χ2v) is 5.35. The van der Waals surface area contributed by atoms with E-state index in [1.165, 1.54) is 12.1 Å². The molecule has 0 amide bonds. The Bertz CT molecular complexity index is 1020. The van der Waals surface area contributed by atoms with Crippen molar-refractivity contribution in [2.75, 3.05) is 0 Å². The number of carbonyl (C=O) groups excluding carboxylic acids is 2. The molecule has 0 atom stereocenters. The van der Waals surface area contributed by atoms with Gasteiger partial charge in [-0.25, -0.2) is 0 Å². The lowest BCUT2D eigenvalue weighted by molar-refractivity contribution is -0.384. The molecule has 23 heavy (non-hydrogen) atoms. The van der Waals surface area contributed by atoms with Crippen molar-refractivity contribution in [3.63, 3.8) is 0 Å². The van der Waals surface area contributed by atoms with Crippen molar-refractivity contribution < 1.29 is 14.5 Å². The molecular formula is C18H9NO4. The first-order valence-electron chi connectivity index (χ1n) is 6.97. The fraction of sp³-hybridized carbons (Fsp3) is 0. The van der Waals surface area contributed by atoms with E-state index in [2.05, 4.69) is 0 Å². The zero-order chi connectivity index (χ0) is 16.1. The first kappa shape index (κ1) is 13.3. The van der Waals surface area contributed by atoms with Crippen LogP contribution in [0, 0.1) is 10.1 Å². The average Bonchev–Trinajstić information content (AvgIpc) is 2.82. The van der Waals surface area contributed by atoms with Gasteiger partial charge >= 0.3 is 0 Å². The molecule has 0 bridgehead atoms. The molecule has 1 aliphatic rings. The molecule has 0 fully saturated rings. The zero-order valence-corrected chi connectivity index (χ0v) is 11.8. The van der Waals surface area contributed by atoms with E-state index in [1.54, 1.807) is 36.4 Å². The standard InChI is InChI=1S/C18H9NO4/c20-17-14-6-2-5-13-12(7-8-15(16(13)14)18(17)21)10-3-1-4-11(9-10)19(22)23/h1-9H. The van der Waals surface area contributed by atoms with Gasteiger partial charge in [0.2, 0.25) is 11.6 Å². The van der Waals surface area contributed by atoms with Crippen LogP contribution in [0.1, 0.15) is 20.7 Å². The highest BCUT2D eigenvalue weighted by Crippen LogP contribution is 2.37. The highest BCUT2D eigenvalue weighted by atomic mass is 16.6. The zero-order valence-electron chi connectivity index (χ0n) is 11.8. The molecule has 0 spiro atoms. The van der Waals surface area contributed by atoms with Crippen molar-refractivity contribution in [2.45, 2.75) is 0 Å². The predicted molar refractivity (Wildman–Crippen MR) is 84.7 cm³/mol. The molecule has 1 aliphatic carbocycles. The lowest BCUT2D eigenvalue weighted by Gasteiger charge is -2.08. The molecule has 0 saturated carbocycles. The topological polar surface area (TPSA) is 77.3 Å². The van der Waals surface area contributed by atoms with Crippen molar-refractivity contribution in [3.05, 3.63) is 75.8 Å². The SMILES string of the molecule is O=C1C(=O)c2ccc(-c3cccc([N+](=O)[O-])c3)c3cccc1c23. The van der Waals surface area contributed by atoms with Gasteiger partial charge in [0.05, 0.1) is 4.92 Å². The lowest BCUT2D eigenvalue weighted by atomic mass is 9.95. The number of benzene rings is 3. The van der Waals surface area contributed by atoms with Crippen LogP contribution in [0.15, 0.2) is 54.6 Å². The van der Waals surface area contributed by atoms with Crippen LogP contribution in [0.25, 0.3) is 21.9 Å². The molecule has 0 aromatic heterocycles. The van der Waals surface area contributed by atoms with Crippen molar-refractivity contribution in [1.82, 2.24) is 0 Å². The van der Waals surface area contributed by atoms with E-state index in [0.29, 0.717) is 22.1 Å². The minimum Gasteiger partial charge on any atom is -0.285 e. The Morgan fingerprint density at radius 1 is 0.783 bits per heavy atom. The van der Waals surface area contributed by atoms with E-state index in [-0.39, 0.29) is 5.69 Å². The van der Waals surface area contributed by atoms with Crippen molar-refractivity contribution in [3.8, 4) is 11.1 Å². The minimum absolute atomic E-state index is 0.00194. The van der Waals surface area contributed by atoms with Crippen molar-refractivity contribution in [2.24, 2.45) is 0 Å². The highest BCUT2D eigenvalue weighted by Gasteiger charge is 2.31. The maximum Gasteiger partial charge on any atom is 0.270 e. The number of hydrogen-bond acceptors (Lipinski definition) is 4. The summed E-state index contributed by atoms with van der Waals surface area (Å²) >= 11 is 0. The van der Waals surface area contributed by atoms with Crippen molar-refractivity contribution >= 4 is 28.0 Å². The lowest BCUT2D eigenvalue weighted by Crippen LogP contribution is -2.05. The molecule has 3 aromatic carbocycles. The molecule has 0 N–H and O–H groups in total. The Morgan fingerprint density at radius 2 is 1.43 bits per heavy atom. The quantitative estimate of drug-likeness (QED) is 0.410. The van der Waals surface area contributed by atoms with Gasteiger partial charge < -0.3 is 0 Å². The molecule has 4 rings (SSSR count). The van der Waals surface area contributed by atoms with Crippen LogP contribution >= 0.6 is 0 Å². The second kappa shape index (κ2) is 4.58. The molecule has 3 aromatic rings. The van der Waals surface area contributed by atoms with E-state index in [4.69, 9.17) is 0 Å². The molecule has 0 radical (unpaired) electrons. The number of ketones is 2. The number of hydrogen-bond donors (Lipinski definition) is 0. The molecule has 110 valence electrons. The molecule has 5 heteroatoms. The highest BCUT2D eigenvalue weighted by molar-refractivity contribution is 6.57. The van der Waals surface area contributed by atoms with Gasteiger partial charge in [0, 0.05) is 28.6 Å². The Hall–Kier alpha value is -3.34. The normalized spacial score (nSPS) is 12.9. The van der Waals surface area contributed by atoms with Gasteiger partial charge in [0.1, 0.15) is 0 Å². The van der Waals surface area contributed by atoms with E-state index in [9.17, 15) is 19.7 Å². The summed E-state index contributed by atoms with van der Waals surface area (Å²) in [5.41, 5.74) is 2.23. The molecule has 5 nitrogen and oxygen atoms in total. The Morgan fingerprint density at radius 3 is 2.17 bits per heavy atom. The van der Waals surface area contributed by atoms with E-state index in [1.807, 2.05) is 6.07 Å². The number of non-ortho nitro benzene ring substituents is 1. The number of nitro benzene ring substituents is 1. The van der Waals surface area contributed by atoms with Gasteiger partial charge in [-0.1, -0.05) is 36.4 Å². The summed E-state index contributed by atoms with van der Waals surface area (Å²) in [4.78, 5) is 34.6. The number of nitro groups is 1. The van der Waals surface area contributed by atoms with Crippen LogP contribution in [-0.2, 0) is 0 Å². The van der Waals surface area contributed by atoms with E-state index in [0.717, 1.165) is 10.9 Å². The fourth-order valence-corrected chi connectivity index (χ4v) is 3.07. The summed E-state index contributed by atoms with van der Waals surface area (Å²) in [6.45, 7) is 0. The Labute approximate surface area is 130 Å². The number of carbonyl (C=O) groups is 2. The molecule has 0 heterocycles. The Balaban J connectivity index is 2.05. The monoisotopic (exact) mass is 303 g/mol.